The Hall–Kier alpha value is -0.760. The molecule has 0 aliphatic heterocycles. The van der Waals surface area contributed by atoms with Crippen molar-refractivity contribution in [3.63, 3.8) is 0 Å². The van der Waals surface area contributed by atoms with Crippen molar-refractivity contribution >= 4 is 8.03 Å². The molecule has 0 saturated heterocycles. The second-order valence-corrected chi connectivity index (χ2v) is 4.66. The van der Waals surface area contributed by atoms with Crippen molar-refractivity contribution in [1.82, 2.24) is 0 Å². The van der Waals surface area contributed by atoms with Crippen LogP contribution in [0.25, 0.3) is 0 Å². The molecule has 0 bridgehead atoms. The van der Waals surface area contributed by atoms with Gasteiger partial charge in [-0.25, -0.2) is 0 Å². The van der Waals surface area contributed by atoms with E-state index in [0.717, 1.165) is 6.42 Å². The Morgan fingerprint density at radius 3 is 2.64 bits per heavy atom. The topological polar surface area (TPSA) is 52.3 Å². The van der Waals surface area contributed by atoms with E-state index in [4.69, 9.17) is 5.73 Å². The van der Waals surface area contributed by atoms with Crippen LogP contribution in [0.1, 0.15) is 12.0 Å². The summed E-state index contributed by atoms with van der Waals surface area (Å²) in [6.45, 7) is 0. The fourth-order valence-electron chi connectivity index (χ4n) is 1.20. The van der Waals surface area contributed by atoms with Crippen LogP contribution in [0.3, 0.4) is 0 Å². The Kier molecular flexibility index (Phi) is 4.74. The van der Waals surface area contributed by atoms with Crippen molar-refractivity contribution in [3.8, 4) is 0 Å². The van der Waals surface area contributed by atoms with E-state index >= 15 is 0 Å². The van der Waals surface area contributed by atoms with Crippen molar-refractivity contribution in [2.75, 3.05) is 7.11 Å². The van der Waals surface area contributed by atoms with Crippen molar-refractivity contribution < 1.29 is 9.09 Å². The lowest BCUT2D eigenvalue weighted by Crippen LogP contribution is -2.16. The molecule has 1 aromatic carbocycles. The van der Waals surface area contributed by atoms with Crippen molar-refractivity contribution in [3.05, 3.63) is 35.9 Å². The van der Waals surface area contributed by atoms with Gasteiger partial charge in [0.05, 0.1) is 7.11 Å². The van der Waals surface area contributed by atoms with Gasteiger partial charge in [-0.3, -0.25) is 5.73 Å². The van der Waals surface area contributed by atoms with E-state index in [1.807, 2.05) is 30.3 Å². The van der Waals surface area contributed by atoms with Crippen molar-refractivity contribution in [2.45, 2.75) is 18.6 Å². The maximum atomic E-state index is 11.1. The number of aryl methyl sites for hydroxylation is 1. The Bertz CT molecular complexity index is 289. The molecule has 0 radical (unpaired) electrons. The van der Waals surface area contributed by atoms with Crippen LogP contribution >= 0.6 is 8.03 Å². The normalized spacial score (nSPS) is 13.7. The standard InChI is InChI=1S/C10H15NO2P/c1-13-14(12)10(11)8-7-9-5-3-2-4-6-9/h2-6,10H,7-8,11H2,1H3/q+1. The molecule has 0 aliphatic rings. The molecule has 0 heterocycles. The Morgan fingerprint density at radius 2 is 2.07 bits per heavy atom. The Labute approximate surface area is 85.1 Å². The van der Waals surface area contributed by atoms with E-state index in [1.54, 1.807) is 0 Å². The largest absolute Gasteiger partial charge is 0.526 e. The summed E-state index contributed by atoms with van der Waals surface area (Å²) in [5, 5.41) is 0. The first-order valence-corrected chi connectivity index (χ1v) is 5.78. The molecule has 1 aromatic rings. The van der Waals surface area contributed by atoms with Gasteiger partial charge in [-0.15, -0.1) is 4.52 Å². The summed E-state index contributed by atoms with van der Waals surface area (Å²) >= 11 is 0. The molecular weight excluding hydrogens is 197 g/mol. The smallest absolute Gasteiger partial charge is 0.285 e. The van der Waals surface area contributed by atoms with Gasteiger partial charge in [0.1, 0.15) is 0 Å². The average Bonchev–Trinajstić information content (AvgIpc) is 2.26. The van der Waals surface area contributed by atoms with Crippen LogP contribution in [0.2, 0.25) is 0 Å². The summed E-state index contributed by atoms with van der Waals surface area (Å²) in [5.41, 5.74) is 6.88. The number of hydrogen-bond acceptors (Lipinski definition) is 3. The van der Waals surface area contributed by atoms with Gasteiger partial charge in [-0.1, -0.05) is 30.3 Å². The zero-order valence-electron chi connectivity index (χ0n) is 8.22. The van der Waals surface area contributed by atoms with Crippen molar-refractivity contribution in [2.24, 2.45) is 5.73 Å². The Balaban J connectivity index is 2.38. The van der Waals surface area contributed by atoms with E-state index < -0.39 is 8.03 Å². The molecule has 0 spiro atoms. The summed E-state index contributed by atoms with van der Waals surface area (Å²) in [4.78, 5) is 0. The van der Waals surface area contributed by atoms with Gasteiger partial charge in [0.2, 0.25) is 5.78 Å². The van der Waals surface area contributed by atoms with Crippen LogP contribution in [0.4, 0.5) is 0 Å². The minimum atomic E-state index is -1.71. The van der Waals surface area contributed by atoms with Crippen LogP contribution in [0, 0.1) is 0 Å². The third kappa shape index (κ3) is 3.54. The summed E-state index contributed by atoms with van der Waals surface area (Å²) in [6.07, 6.45) is 1.53. The second-order valence-electron chi connectivity index (χ2n) is 3.06. The molecule has 3 nitrogen and oxygen atoms in total. The highest BCUT2D eigenvalue weighted by atomic mass is 31.1. The van der Waals surface area contributed by atoms with E-state index in [9.17, 15) is 4.57 Å². The first kappa shape index (κ1) is 11.3. The number of benzene rings is 1. The van der Waals surface area contributed by atoms with Gasteiger partial charge < -0.3 is 0 Å². The van der Waals surface area contributed by atoms with Crippen LogP contribution in [0.15, 0.2) is 30.3 Å². The third-order valence-corrected chi connectivity index (χ3v) is 3.18. The van der Waals surface area contributed by atoms with E-state index in [0.29, 0.717) is 6.42 Å². The van der Waals surface area contributed by atoms with Gasteiger partial charge >= 0.3 is 8.03 Å². The zero-order chi connectivity index (χ0) is 10.4. The first-order chi connectivity index (χ1) is 6.74. The molecule has 2 N–H and O–H groups in total. The molecule has 4 heteroatoms. The van der Waals surface area contributed by atoms with E-state index in [2.05, 4.69) is 4.52 Å². The van der Waals surface area contributed by atoms with Crippen LogP contribution in [-0.2, 0) is 15.5 Å². The maximum Gasteiger partial charge on any atom is 0.526 e. The first-order valence-electron chi connectivity index (χ1n) is 4.54. The second kappa shape index (κ2) is 5.86. The molecule has 0 saturated carbocycles. The van der Waals surface area contributed by atoms with Crippen LogP contribution < -0.4 is 5.73 Å². The number of hydrogen-bond donors (Lipinski definition) is 1. The maximum absolute atomic E-state index is 11.1. The monoisotopic (exact) mass is 212 g/mol. The lowest BCUT2D eigenvalue weighted by molar-refractivity contribution is 0.402. The molecule has 76 valence electrons. The molecule has 0 amide bonds. The molecule has 2 unspecified atom stereocenters. The summed E-state index contributed by atoms with van der Waals surface area (Å²) in [5.74, 6) is -0.366. The highest BCUT2D eigenvalue weighted by Crippen LogP contribution is 2.27. The number of rotatable bonds is 5. The summed E-state index contributed by atoms with van der Waals surface area (Å²) in [6, 6.07) is 10.0. The molecule has 14 heavy (non-hydrogen) atoms. The summed E-state index contributed by atoms with van der Waals surface area (Å²) in [7, 11) is -0.290. The fraction of sp³-hybridized carbons (Fsp3) is 0.400. The lowest BCUT2D eigenvalue weighted by Gasteiger charge is -2.00. The lowest BCUT2D eigenvalue weighted by atomic mass is 10.1. The third-order valence-electron chi connectivity index (χ3n) is 2.02. The summed E-state index contributed by atoms with van der Waals surface area (Å²) < 4.78 is 15.8. The number of nitrogens with two attached hydrogens (primary N) is 1. The quantitative estimate of drug-likeness (QED) is 0.762. The van der Waals surface area contributed by atoms with Gasteiger partial charge in [0, 0.05) is 6.42 Å². The molecule has 0 fully saturated rings. The van der Waals surface area contributed by atoms with Gasteiger partial charge in [-0.05, 0) is 16.5 Å². The average molecular weight is 212 g/mol. The van der Waals surface area contributed by atoms with Gasteiger partial charge in [-0.2, -0.15) is 0 Å². The molecular formula is C10H15NO2P+. The fourth-order valence-corrected chi connectivity index (χ4v) is 1.81. The zero-order valence-corrected chi connectivity index (χ0v) is 9.11. The van der Waals surface area contributed by atoms with Gasteiger partial charge in [0.25, 0.3) is 0 Å². The van der Waals surface area contributed by atoms with Crippen LogP contribution in [0.5, 0.6) is 0 Å². The molecule has 1 rings (SSSR count). The highest BCUT2D eigenvalue weighted by Gasteiger charge is 2.26. The molecule has 2 atom stereocenters. The SMILES string of the molecule is CO[P+](=O)C(N)CCc1ccccc1. The van der Waals surface area contributed by atoms with E-state index in [1.165, 1.54) is 12.7 Å². The minimum absolute atomic E-state index is 0.366. The van der Waals surface area contributed by atoms with Crippen LogP contribution in [-0.4, -0.2) is 12.9 Å². The highest BCUT2D eigenvalue weighted by molar-refractivity contribution is 7.39. The predicted octanol–water partition coefficient (Wildman–Crippen LogP) is 2.29. The van der Waals surface area contributed by atoms with Gasteiger partial charge in [0.15, 0.2) is 0 Å². The van der Waals surface area contributed by atoms with Crippen molar-refractivity contribution in [1.29, 1.82) is 0 Å². The molecule has 0 aromatic heterocycles. The van der Waals surface area contributed by atoms with E-state index in [-0.39, 0.29) is 5.78 Å². The Morgan fingerprint density at radius 1 is 1.43 bits per heavy atom. The predicted molar refractivity (Wildman–Crippen MR) is 57.4 cm³/mol. The molecule has 0 aliphatic carbocycles. The minimum Gasteiger partial charge on any atom is -0.285 e.